The molecule has 0 unspecified atom stereocenters. The summed E-state index contributed by atoms with van der Waals surface area (Å²) in [6, 6.07) is 16.7. The molecule has 3 aromatic carbocycles. The molecule has 0 saturated heterocycles. The summed E-state index contributed by atoms with van der Waals surface area (Å²) >= 11 is 0. The molecule has 0 heterocycles. The highest BCUT2D eigenvalue weighted by Gasteiger charge is 2.12. The fourth-order valence-corrected chi connectivity index (χ4v) is 3.42. The summed E-state index contributed by atoms with van der Waals surface area (Å²) in [4.78, 5) is 12.4. The molecule has 0 atom stereocenters. The van der Waals surface area contributed by atoms with Crippen LogP contribution in [0.5, 0.6) is 28.7 Å². The second-order valence-corrected chi connectivity index (χ2v) is 7.35. The molecule has 35 heavy (non-hydrogen) atoms. The fourth-order valence-electron chi connectivity index (χ4n) is 3.42. The Balaban J connectivity index is 1.71. The number of nitrogens with one attached hydrogen (secondary N) is 1. The molecule has 0 aliphatic heterocycles. The Hall–Kier alpha value is -4.39. The SMILES string of the molecule is COc1ccc(/C=C/C(=O)Nc2cccc(/C=C/c3cc(OC)c(OC)c(OC)c3)c2)cc1OC. The van der Waals surface area contributed by atoms with E-state index >= 15 is 0 Å². The van der Waals surface area contributed by atoms with E-state index in [1.807, 2.05) is 54.6 Å². The third-order valence-corrected chi connectivity index (χ3v) is 5.14. The Morgan fingerprint density at radius 1 is 0.629 bits per heavy atom. The normalized spacial score (nSPS) is 10.9. The Morgan fingerprint density at radius 2 is 1.23 bits per heavy atom. The van der Waals surface area contributed by atoms with Crippen LogP contribution in [-0.2, 0) is 4.79 Å². The van der Waals surface area contributed by atoms with Gasteiger partial charge in [0, 0.05) is 11.8 Å². The van der Waals surface area contributed by atoms with Crippen molar-refractivity contribution in [2.75, 3.05) is 40.9 Å². The number of hydrogen-bond acceptors (Lipinski definition) is 6. The van der Waals surface area contributed by atoms with Gasteiger partial charge in [0.1, 0.15) is 0 Å². The number of ether oxygens (including phenoxy) is 5. The van der Waals surface area contributed by atoms with Gasteiger partial charge in [-0.25, -0.2) is 0 Å². The summed E-state index contributed by atoms with van der Waals surface area (Å²) in [5, 5.41) is 2.88. The van der Waals surface area contributed by atoms with Gasteiger partial charge in [0.25, 0.3) is 0 Å². The molecule has 0 saturated carbocycles. The number of anilines is 1. The summed E-state index contributed by atoms with van der Waals surface area (Å²) in [5.41, 5.74) is 3.30. The molecular weight excluding hydrogens is 446 g/mol. The van der Waals surface area contributed by atoms with Crippen molar-refractivity contribution >= 4 is 29.8 Å². The van der Waals surface area contributed by atoms with E-state index in [9.17, 15) is 4.79 Å². The zero-order chi connectivity index (χ0) is 25.2. The molecule has 0 fully saturated rings. The van der Waals surface area contributed by atoms with E-state index in [-0.39, 0.29) is 5.91 Å². The first-order valence-electron chi connectivity index (χ1n) is 10.8. The Kier molecular flexibility index (Phi) is 8.78. The number of carbonyl (C=O) groups is 1. The molecule has 3 rings (SSSR count). The Morgan fingerprint density at radius 3 is 1.86 bits per heavy atom. The zero-order valence-electron chi connectivity index (χ0n) is 20.5. The minimum Gasteiger partial charge on any atom is -0.493 e. The predicted molar refractivity (Wildman–Crippen MR) is 139 cm³/mol. The molecule has 1 N–H and O–H groups in total. The van der Waals surface area contributed by atoms with Crippen molar-refractivity contribution in [2.45, 2.75) is 0 Å². The van der Waals surface area contributed by atoms with Crippen molar-refractivity contribution in [3.8, 4) is 28.7 Å². The quantitative estimate of drug-likeness (QED) is 0.306. The van der Waals surface area contributed by atoms with Crippen LogP contribution < -0.4 is 29.0 Å². The highest BCUT2D eigenvalue weighted by Crippen LogP contribution is 2.38. The van der Waals surface area contributed by atoms with E-state index in [0.717, 1.165) is 16.7 Å². The van der Waals surface area contributed by atoms with Crippen molar-refractivity contribution in [1.29, 1.82) is 0 Å². The van der Waals surface area contributed by atoms with Crippen molar-refractivity contribution in [3.05, 3.63) is 77.4 Å². The van der Waals surface area contributed by atoms with E-state index in [0.29, 0.717) is 34.4 Å². The second-order valence-electron chi connectivity index (χ2n) is 7.35. The molecular formula is C28H29NO6. The van der Waals surface area contributed by atoms with Crippen molar-refractivity contribution in [2.24, 2.45) is 0 Å². The van der Waals surface area contributed by atoms with Crippen molar-refractivity contribution < 1.29 is 28.5 Å². The average molecular weight is 476 g/mol. The third kappa shape index (κ3) is 6.57. The molecule has 0 bridgehead atoms. The second kappa shape index (κ2) is 12.2. The lowest BCUT2D eigenvalue weighted by Gasteiger charge is -2.12. The average Bonchev–Trinajstić information content (AvgIpc) is 2.89. The summed E-state index contributed by atoms with van der Waals surface area (Å²) in [6.07, 6.45) is 7.06. The third-order valence-electron chi connectivity index (χ3n) is 5.14. The van der Waals surface area contributed by atoms with E-state index < -0.39 is 0 Å². The van der Waals surface area contributed by atoms with E-state index in [2.05, 4.69) is 5.32 Å². The van der Waals surface area contributed by atoms with E-state index in [4.69, 9.17) is 23.7 Å². The lowest BCUT2D eigenvalue weighted by atomic mass is 10.1. The number of benzene rings is 3. The molecule has 0 radical (unpaired) electrons. The number of rotatable bonds is 10. The van der Waals surface area contributed by atoms with Gasteiger partial charge in [0.15, 0.2) is 23.0 Å². The van der Waals surface area contributed by atoms with E-state index in [1.54, 1.807) is 53.8 Å². The maximum Gasteiger partial charge on any atom is 0.248 e. The number of methoxy groups -OCH3 is 5. The van der Waals surface area contributed by atoms with Gasteiger partial charge in [0.2, 0.25) is 11.7 Å². The lowest BCUT2D eigenvalue weighted by molar-refractivity contribution is -0.111. The Labute approximate surface area is 205 Å². The largest absolute Gasteiger partial charge is 0.493 e. The van der Waals surface area contributed by atoms with Crippen LogP contribution in [-0.4, -0.2) is 41.5 Å². The summed E-state index contributed by atoms with van der Waals surface area (Å²) in [5.74, 6) is 2.68. The standard InChI is InChI=1S/C28H29NO6/c1-31-23-13-11-20(16-24(23)32-2)12-14-27(30)29-22-8-6-7-19(15-22)9-10-21-17-25(33-3)28(35-5)26(18-21)34-4/h6-18H,1-5H3,(H,29,30)/b10-9+,14-12+. The first-order valence-corrected chi connectivity index (χ1v) is 10.8. The van der Waals surface area contributed by atoms with E-state index in [1.165, 1.54) is 6.08 Å². The van der Waals surface area contributed by atoms with Crippen LogP contribution in [0.1, 0.15) is 16.7 Å². The minimum absolute atomic E-state index is 0.245. The van der Waals surface area contributed by atoms with Gasteiger partial charge >= 0.3 is 0 Å². The van der Waals surface area contributed by atoms with Gasteiger partial charge in [-0.15, -0.1) is 0 Å². The molecule has 0 aliphatic rings. The van der Waals surface area contributed by atoms with Gasteiger partial charge < -0.3 is 29.0 Å². The smallest absolute Gasteiger partial charge is 0.248 e. The summed E-state index contributed by atoms with van der Waals surface area (Å²) < 4.78 is 26.7. The highest BCUT2D eigenvalue weighted by molar-refractivity contribution is 6.02. The monoisotopic (exact) mass is 475 g/mol. The lowest BCUT2D eigenvalue weighted by Crippen LogP contribution is -2.07. The summed E-state index contributed by atoms with van der Waals surface area (Å²) in [7, 11) is 7.88. The molecule has 0 aromatic heterocycles. The van der Waals surface area contributed by atoms with Crippen LogP contribution >= 0.6 is 0 Å². The van der Waals surface area contributed by atoms with Crippen LogP contribution in [0, 0.1) is 0 Å². The maximum atomic E-state index is 12.4. The number of hydrogen-bond donors (Lipinski definition) is 1. The molecule has 3 aromatic rings. The Bertz CT molecular complexity index is 1210. The van der Waals surface area contributed by atoms with Gasteiger partial charge in [-0.05, 0) is 59.2 Å². The first-order chi connectivity index (χ1) is 17.0. The van der Waals surface area contributed by atoms with Crippen LogP contribution in [0.4, 0.5) is 5.69 Å². The first kappa shape index (κ1) is 25.2. The molecule has 0 spiro atoms. The minimum atomic E-state index is -0.245. The summed E-state index contributed by atoms with van der Waals surface area (Å²) in [6.45, 7) is 0. The van der Waals surface area contributed by atoms with Gasteiger partial charge in [-0.3, -0.25) is 4.79 Å². The zero-order valence-corrected chi connectivity index (χ0v) is 20.5. The van der Waals surface area contributed by atoms with Gasteiger partial charge in [-0.2, -0.15) is 0 Å². The van der Waals surface area contributed by atoms with Crippen LogP contribution in [0.3, 0.4) is 0 Å². The van der Waals surface area contributed by atoms with Crippen LogP contribution in [0.2, 0.25) is 0 Å². The maximum absolute atomic E-state index is 12.4. The molecule has 0 aliphatic carbocycles. The molecule has 1 amide bonds. The molecule has 7 heteroatoms. The van der Waals surface area contributed by atoms with Crippen molar-refractivity contribution in [3.63, 3.8) is 0 Å². The topological polar surface area (TPSA) is 75.3 Å². The van der Waals surface area contributed by atoms with Crippen LogP contribution in [0.15, 0.2) is 60.7 Å². The van der Waals surface area contributed by atoms with Crippen molar-refractivity contribution in [1.82, 2.24) is 0 Å². The predicted octanol–water partition coefficient (Wildman–Crippen LogP) is 5.55. The number of carbonyl (C=O) groups excluding carboxylic acids is 1. The van der Waals surface area contributed by atoms with Gasteiger partial charge in [0.05, 0.1) is 35.5 Å². The highest BCUT2D eigenvalue weighted by atomic mass is 16.5. The molecule has 182 valence electrons. The fraction of sp³-hybridized carbons (Fsp3) is 0.179. The van der Waals surface area contributed by atoms with Crippen LogP contribution in [0.25, 0.3) is 18.2 Å². The number of amides is 1. The van der Waals surface area contributed by atoms with Gasteiger partial charge in [-0.1, -0.05) is 30.4 Å². The molecule has 7 nitrogen and oxygen atoms in total.